The minimum Gasteiger partial charge on any atom is -0.369 e. The number of aryl methyl sites for hydroxylation is 2. The molecule has 1 aromatic rings. The fraction of sp³-hybridized carbons (Fsp3) is 0.588. The minimum absolute atomic E-state index is 0.326. The lowest BCUT2D eigenvalue weighted by Crippen LogP contribution is -2.50. The Kier molecular flexibility index (Phi) is 3.75. The van der Waals surface area contributed by atoms with E-state index in [1.807, 2.05) is 0 Å². The SMILES string of the molecule is NC1=NC(N)(c2ccc3c(c2)CC[C@@H](NC2CCC2)CC3)NN1. The van der Waals surface area contributed by atoms with Crippen molar-refractivity contribution in [1.29, 1.82) is 0 Å². The molecule has 1 fully saturated rings. The van der Waals surface area contributed by atoms with Crippen LogP contribution in [0.4, 0.5) is 0 Å². The van der Waals surface area contributed by atoms with Gasteiger partial charge in [0, 0.05) is 17.6 Å². The maximum atomic E-state index is 6.31. The topological polar surface area (TPSA) is 100 Å². The molecule has 3 aliphatic rings. The van der Waals surface area contributed by atoms with E-state index in [1.54, 1.807) is 0 Å². The van der Waals surface area contributed by atoms with Crippen LogP contribution in [0.5, 0.6) is 0 Å². The van der Waals surface area contributed by atoms with Gasteiger partial charge >= 0.3 is 0 Å². The van der Waals surface area contributed by atoms with Gasteiger partial charge in [-0.15, -0.1) is 0 Å². The van der Waals surface area contributed by atoms with E-state index in [0.29, 0.717) is 12.0 Å². The lowest BCUT2D eigenvalue weighted by atomic mass is 9.91. The van der Waals surface area contributed by atoms with Crippen molar-refractivity contribution in [3.63, 3.8) is 0 Å². The highest BCUT2D eigenvalue weighted by Gasteiger charge is 2.32. The molecule has 124 valence electrons. The highest BCUT2D eigenvalue weighted by Crippen LogP contribution is 2.28. The predicted molar refractivity (Wildman–Crippen MR) is 91.4 cm³/mol. The molecule has 4 rings (SSSR count). The van der Waals surface area contributed by atoms with Crippen molar-refractivity contribution in [3.05, 3.63) is 34.9 Å². The molecule has 7 N–H and O–H groups in total. The molecule has 1 heterocycles. The lowest BCUT2D eigenvalue weighted by molar-refractivity contribution is 0.290. The van der Waals surface area contributed by atoms with Crippen molar-refractivity contribution in [2.75, 3.05) is 0 Å². The number of nitrogens with two attached hydrogens (primary N) is 2. The molecule has 0 radical (unpaired) electrons. The van der Waals surface area contributed by atoms with E-state index < -0.39 is 5.79 Å². The molecule has 2 atom stereocenters. The van der Waals surface area contributed by atoms with Crippen LogP contribution in [-0.4, -0.2) is 18.0 Å². The molecule has 6 heteroatoms. The van der Waals surface area contributed by atoms with E-state index in [1.165, 1.54) is 43.2 Å². The molecule has 0 spiro atoms. The van der Waals surface area contributed by atoms with Gasteiger partial charge in [-0.3, -0.25) is 11.2 Å². The summed E-state index contributed by atoms with van der Waals surface area (Å²) in [5.41, 5.74) is 21.5. The third-order valence-electron chi connectivity index (χ3n) is 5.43. The monoisotopic (exact) mass is 314 g/mol. The number of benzene rings is 1. The van der Waals surface area contributed by atoms with Gasteiger partial charge in [0.15, 0.2) is 0 Å². The first-order chi connectivity index (χ1) is 11.1. The third-order valence-corrected chi connectivity index (χ3v) is 5.43. The molecule has 6 nitrogen and oxygen atoms in total. The number of hydrazine groups is 1. The van der Waals surface area contributed by atoms with Crippen molar-refractivity contribution in [1.82, 2.24) is 16.2 Å². The van der Waals surface area contributed by atoms with Gasteiger partial charge in [-0.1, -0.05) is 24.6 Å². The summed E-state index contributed by atoms with van der Waals surface area (Å²) in [7, 11) is 0. The molecule has 1 aromatic carbocycles. The van der Waals surface area contributed by atoms with Crippen LogP contribution in [0.25, 0.3) is 0 Å². The van der Waals surface area contributed by atoms with Crippen LogP contribution in [0.1, 0.15) is 48.8 Å². The fourth-order valence-corrected chi connectivity index (χ4v) is 3.76. The normalized spacial score (nSPS) is 30.8. The quantitative estimate of drug-likeness (QED) is 0.525. The summed E-state index contributed by atoms with van der Waals surface area (Å²) >= 11 is 0. The Morgan fingerprint density at radius 3 is 2.48 bits per heavy atom. The molecule has 1 unspecified atom stereocenters. The van der Waals surface area contributed by atoms with E-state index in [9.17, 15) is 0 Å². The van der Waals surface area contributed by atoms with E-state index in [0.717, 1.165) is 24.4 Å². The van der Waals surface area contributed by atoms with Crippen molar-refractivity contribution in [2.24, 2.45) is 16.5 Å². The van der Waals surface area contributed by atoms with Crippen molar-refractivity contribution in [2.45, 2.75) is 62.8 Å². The summed E-state index contributed by atoms with van der Waals surface area (Å²) in [5, 5.41) is 3.83. The Balaban J connectivity index is 1.50. The Hall–Kier alpha value is -1.63. The fourth-order valence-electron chi connectivity index (χ4n) is 3.76. The number of fused-ring (bicyclic) bond motifs is 1. The van der Waals surface area contributed by atoms with Crippen molar-refractivity contribution in [3.8, 4) is 0 Å². The van der Waals surface area contributed by atoms with E-state index in [2.05, 4.69) is 39.4 Å². The molecule has 2 aliphatic carbocycles. The molecule has 0 aromatic heterocycles. The summed E-state index contributed by atoms with van der Waals surface area (Å²) in [6.07, 6.45) is 8.73. The Labute approximate surface area is 137 Å². The molecular weight excluding hydrogens is 288 g/mol. The van der Waals surface area contributed by atoms with Gasteiger partial charge in [-0.2, -0.15) is 5.43 Å². The van der Waals surface area contributed by atoms with Gasteiger partial charge in [0.25, 0.3) is 0 Å². The van der Waals surface area contributed by atoms with Crippen molar-refractivity contribution >= 4 is 5.96 Å². The van der Waals surface area contributed by atoms with E-state index in [4.69, 9.17) is 11.5 Å². The number of aliphatic imine (C=N–C) groups is 1. The zero-order valence-corrected chi connectivity index (χ0v) is 13.4. The number of guanidine groups is 1. The number of rotatable bonds is 3. The predicted octanol–water partition coefficient (Wildman–Crippen LogP) is 0.568. The van der Waals surface area contributed by atoms with Gasteiger partial charge in [-0.25, -0.2) is 4.99 Å². The zero-order valence-electron chi connectivity index (χ0n) is 13.4. The average Bonchev–Trinajstić information content (AvgIpc) is 2.74. The first-order valence-electron chi connectivity index (χ1n) is 8.68. The zero-order chi connectivity index (χ0) is 15.9. The van der Waals surface area contributed by atoms with Crippen LogP contribution in [0.3, 0.4) is 0 Å². The van der Waals surface area contributed by atoms with Gasteiger partial charge in [-0.05, 0) is 49.7 Å². The van der Waals surface area contributed by atoms with Gasteiger partial charge in [0.1, 0.15) is 0 Å². The molecule has 23 heavy (non-hydrogen) atoms. The second-order valence-corrected chi connectivity index (χ2v) is 7.07. The van der Waals surface area contributed by atoms with Crippen LogP contribution in [0.2, 0.25) is 0 Å². The highest BCUT2D eigenvalue weighted by atomic mass is 15.6. The summed E-state index contributed by atoms with van der Waals surface area (Å²) < 4.78 is 0. The first-order valence-corrected chi connectivity index (χ1v) is 8.68. The minimum atomic E-state index is -0.963. The molecule has 0 saturated heterocycles. The highest BCUT2D eigenvalue weighted by molar-refractivity contribution is 5.79. The van der Waals surface area contributed by atoms with Gasteiger partial charge < -0.3 is 11.1 Å². The van der Waals surface area contributed by atoms with Crippen molar-refractivity contribution < 1.29 is 0 Å². The number of nitrogens with zero attached hydrogens (tertiary/aromatic N) is 1. The third kappa shape index (κ3) is 2.94. The molecule has 0 amide bonds. The number of hydrogen-bond acceptors (Lipinski definition) is 6. The van der Waals surface area contributed by atoms with Crippen LogP contribution in [0, 0.1) is 0 Å². The van der Waals surface area contributed by atoms with Crippen LogP contribution in [0.15, 0.2) is 23.2 Å². The summed E-state index contributed by atoms with van der Waals surface area (Å²) in [6.45, 7) is 0. The number of hydrogen-bond donors (Lipinski definition) is 5. The summed E-state index contributed by atoms with van der Waals surface area (Å²) in [5.74, 6) is -0.637. The Morgan fingerprint density at radius 1 is 1.09 bits per heavy atom. The van der Waals surface area contributed by atoms with Crippen LogP contribution < -0.4 is 27.6 Å². The molecule has 0 bridgehead atoms. The second kappa shape index (κ2) is 5.78. The molecule has 1 saturated carbocycles. The Morgan fingerprint density at radius 2 is 1.83 bits per heavy atom. The number of nitrogens with one attached hydrogen (secondary N) is 3. The lowest BCUT2D eigenvalue weighted by Gasteiger charge is -2.31. The average molecular weight is 314 g/mol. The standard InChI is InChI=1S/C17H26N6/c18-16-21-17(19,23-22-16)13-7-4-11-5-8-15(9-6-12(11)10-13)20-14-2-1-3-14/h4,7,10,14-15,20,23H,1-3,5-6,8-9,19H2,(H3,18,21,22)/t15-,17?/m0/s1. The maximum absolute atomic E-state index is 6.31. The van der Waals surface area contributed by atoms with Crippen LogP contribution >= 0.6 is 0 Å². The molecule has 1 aliphatic heterocycles. The van der Waals surface area contributed by atoms with E-state index in [-0.39, 0.29) is 0 Å². The summed E-state index contributed by atoms with van der Waals surface area (Å²) in [4.78, 5) is 4.27. The smallest absolute Gasteiger partial charge is 0.209 e. The second-order valence-electron chi connectivity index (χ2n) is 7.07. The maximum Gasteiger partial charge on any atom is 0.209 e. The van der Waals surface area contributed by atoms with Gasteiger partial charge in [0.05, 0.1) is 0 Å². The first kappa shape index (κ1) is 14.9. The summed E-state index contributed by atoms with van der Waals surface area (Å²) in [6, 6.07) is 7.86. The molecular formula is C17H26N6. The largest absolute Gasteiger partial charge is 0.369 e. The Bertz CT molecular complexity index is 624. The van der Waals surface area contributed by atoms with Gasteiger partial charge in [0.2, 0.25) is 11.7 Å². The van der Waals surface area contributed by atoms with Crippen LogP contribution in [-0.2, 0) is 18.6 Å². The van der Waals surface area contributed by atoms with E-state index >= 15 is 0 Å².